The zero-order valence-corrected chi connectivity index (χ0v) is 18.8. The molecule has 0 aliphatic heterocycles. The lowest BCUT2D eigenvalue weighted by Crippen LogP contribution is -2.52. The second kappa shape index (κ2) is 13.3. The molecule has 0 saturated heterocycles. The Morgan fingerprint density at radius 3 is 2.52 bits per heavy atom. The predicted molar refractivity (Wildman–Crippen MR) is 121 cm³/mol. The zero-order valence-electron chi connectivity index (χ0n) is 18.0. The lowest BCUT2D eigenvalue weighted by molar-refractivity contribution is -0.134. The van der Waals surface area contributed by atoms with Gasteiger partial charge < -0.3 is 10.6 Å². The van der Waals surface area contributed by atoms with Gasteiger partial charge in [0.1, 0.15) is 6.04 Å². The van der Waals surface area contributed by atoms with E-state index in [1.54, 1.807) is 18.2 Å². The molecule has 33 heavy (non-hydrogen) atoms. The van der Waals surface area contributed by atoms with Crippen molar-refractivity contribution < 1.29 is 28.0 Å². The van der Waals surface area contributed by atoms with Gasteiger partial charge in [-0.05, 0) is 30.5 Å². The van der Waals surface area contributed by atoms with Crippen molar-refractivity contribution >= 4 is 27.7 Å². The standard InChI is InChI=1S/C22H28N4O6S/c27-20(13-12-17-8-4-1-2-5-9-17)23-16-19(22(29)26-30)25-21(28)14-15-24-33(31,32)18-10-6-3-7-11-18/h1,3-11,19,24,30H,2,12-16H2,(H,23,27)(H,25,28)(H,26,29)/t19-/m0/s1. The van der Waals surface area contributed by atoms with Crippen LogP contribution in [-0.4, -0.2) is 50.5 Å². The lowest BCUT2D eigenvalue weighted by Gasteiger charge is -2.17. The minimum Gasteiger partial charge on any atom is -0.353 e. The van der Waals surface area contributed by atoms with Gasteiger partial charge in [-0.15, -0.1) is 0 Å². The number of rotatable bonds is 12. The fourth-order valence-electron chi connectivity index (χ4n) is 2.89. The number of hydrogen-bond donors (Lipinski definition) is 5. The van der Waals surface area contributed by atoms with Gasteiger partial charge in [-0.1, -0.05) is 48.6 Å². The Balaban J connectivity index is 1.78. The highest BCUT2D eigenvalue weighted by Crippen LogP contribution is 2.11. The van der Waals surface area contributed by atoms with E-state index in [9.17, 15) is 22.8 Å². The SMILES string of the molecule is O=C(CCC1=CC=CCC=C1)NC[C@H](NC(=O)CCNS(=O)(=O)c1ccccc1)C(=O)NO. The molecule has 178 valence electrons. The Bertz CT molecular complexity index is 1020. The number of carbonyl (C=O) groups excluding carboxylic acids is 3. The quantitative estimate of drug-likeness (QED) is 0.221. The molecule has 0 fully saturated rings. The van der Waals surface area contributed by atoms with Gasteiger partial charge in [-0.3, -0.25) is 19.6 Å². The number of sulfonamides is 1. The molecule has 0 radical (unpaired) electrons. The Morgan fingerprint density at radius 2 is 1.79 bits per heavy atom. The van der Waals surface area contributed by atoms with E-state index in [2.05, 4.69) is 15.4 Å². The van der Waals surface area contributed by atoms with Gasteiger partial charge in [0.15, 0.2) is 0 Å². The van der Waals surface area contributed by atoms with Crippen LogP contribution in [0, 0.1) is 0 Å². The number of nitrogens with one attached hydrogen (secondary N) is 4. The average Bonchev–Trinajstić information content (AvgIpc) is 3.09. The molecule has 0 aromatic heterocycles. The number of amides is 3. The molecule has 0 spiro atoms. The first-order chi connectivity index (χ1) is 15.8. The average molecular weight is 477 g/mol. The van der Waals surface area contributed by atoms with Gasteiger partial charge in [0.25, 0.3) is 5.91 Å². The molecule has 5 N–H and O–H groups in total. The molecule has 0 bridgehead atoms. The Hall–Kier alpha value is -3.28. The maximum absolute atomic E-state index is 12.2. The summed E-state index contributed by atoms with van der Waals surface area (Å²) in [5.41, 5.74) is 2.44. The van der Waals surface area contributed by atoms with Gasteiger partial charge in [0, 0.05) is 25.9 Å². The second-order valence-corrected chi connectivity index (χ2v) is 8.94. The van der Waals surface area contributed by atoms with Crippen molar-refractivity contribution in [2.45, 2.75) is 36.6 Å². The van der Waals surface area contributed by atoms with E-state index < -0.39 is 27.9 Å². The van der Waals surface area contributed by atoms with E-state index >= 15 is 0 Å². The van der Waals surface area contributed by atoms with Crippen molar-refractivity contribution in [2.75, 3.05) is 13.1 Å². The van der Waals surface area contributed by atoms with Gasteiger partial charge in [-0.25, -0.2) is 18.6 Å². The highest BCUT2D eigenvalue weighted by atomic mass is 32.2. The monoisotopic (exact) mass is 476 g/mol. The summed E-state index contributed by atoms with van der Waals surface area (Å²) in [6, 6.07) is 6.46. The van der Waals surface area contributed by atoms with Crippen molar-refractivity contribution in [2.24, 2.45) is 0 Å². The smallest absolute Gasteiger partial charge is 0.267 e. The van der Waals surface area contributed by atoms with E-state index in [-0.39, 0.29) is 36.7 Å². The molecule has 2 rings (SSSR count). The van der Waals surface area contributed by atoms with Crippen LogP contribution in [0.25, 0.3) is 0 Å². The van der Waals surface area contributed by atoms with Gasteiger partial charge >= 0.3 is 0 Å². The Labute approximate surface area is 192 Å². The molecule has 1 aliphatic rings. The molecule has 0 saturated carbocycles. The van der Waals surface area contributed by atoms with E-state index in [0.717, 1.165) is 12.0 Å². The molecule has 1 aliphatic carbocycles. The molecule has 0 heterocycles. The van der Waals surface area contributed by atoms with Crippen LogP contribution in [0.2, 0.25) is 0 Å². The molecular weight excluding hydrogens is 448 g/mol. The van der Waals surface area contributed by atoms with Crippen LogP contribution < -0.4 is 20.8 Å². The maximum atomic E-state index is 12.2. The largest absolute Gasteiger partial charge is 0.353 e. The third-order valence-corrected chi connectivity index (χ3v) is 6.13. The van der Waals surface area contributed by atoms with Crippen molar-refractivity contribution in [1.82, 2.24) is 20.8 Å². The van der Waals surface area contributed by atoms with Crippen LogP contribution in [0.1, 0.15) is 25.7 Å². The first kappa shape index (κ1) is 26.0. The van der Waals surface area contributed by atoms with Crippen LogP contribution in [0.5, 0.6) is 0 Å². The molecule has 1 aromatic carbocycles. The van der Waals surface area contributed by atoms with Crippen molar-refractivity contribution in [1.29, 1.82) is 0 Å². The fraction of sp³-hybridized carbons (Fsp3) is 0.318. The second-order valence-electron chi connectivity index (χ2n) is 7.17. The van der Waals surface area contributed by atoms with E-state index in [1.165, 1.54) is 17.6 Å². The Kier molecular flexibility index (Phi) is 10.5. The fourth-order valence-corrected chi connectivity index (χ4v) is 3.94. The summed E-state index contributed by atoms with van der Waals surface area (Å²) in [6.45, 7) is -0.429. The minimum atomic E-state index is -3.76. The highest BCUT2D eigenvalue weighted by Gasteiger charge is 2.21. The third-order valence-electron chi connectivity index (χ3n) is 4.65. The summed E-state index contributed by atoms with van der Waals surface area (Å²) < 4.78 is 26.6. The van der Waals surface area contributed by atoms with Crippen LogP contribution in [0.15, 0.2) is 71.2 Å². The summed E-state index contributed by atoms with van der Waals surface area (Å²) in [4.78, 5) is 36.2. The van der Waals surface area contributed by atoms with Crippen LogP contribution in [0.3, 0.4) is 0 Å². The lowest BCUT2D eigenvalue weighted by atomic mass is 10.1. The van der Waals surface area contributed by atoms with Gasteiger partial charge in [0.2, 0.25) is 21.8 Å². The van der Waals surface area contributed by atoms with Crippen molar-refractivity contribution in [3.63, 3.8) is 0 Å². The number of allylic oxidation sites excluding steroid dienone is 6. The first-order valence-corrected chi connectivity index (χ1v) is 11.9. The Morgan fingerprint density at radius 1 is 1.03 bits per heavy atom. The van der Waals surface area contributed by atoms with Gasteiger partial charge in [0.05, 0.1) is 4.90 Å². The molecule has 11 heteroatoms. The summed E-state index contributed by atoms with van der Waals surface area (Å²) in [7, 11) is -3.76. The summed E-state index contributed by atoms with van der Waals surface area (Å²) in [5.74, 6) is -1.86. The maximum Gasteiger partial charge on any atom is 0.267 e. The molecule has 1 atom stereocenters. The van der Waals surface area contributed by atoms with E-state index in [0.29, 0.717) is 6.42 Å². The molecule has 3 amide bonds. The first-order valence-electron chi connectivity index (χ1n) is 10.4. The van der Waals surface area contributed by atoms with Crippen LogP contribution >= 0.6 is 0 Å². The van der Waals surface area contributed by atoms with Gasteiger partial charge in [-0.2, -0.15) is 0 Å². The number of benzene rings is 1. The predicted octanol–water partition coefficient (Wildman–Crippen LogP) is 0.684. The van der Waals surface area contributed by atoms with Crippen molar-refractivity contribution in [3.8, 4) is 0 Å². The van der Waals surface area contributed by atoms with Crippen molar-refractivity contribution in [3.05, 3.63) is 66.3 Å². The number of carbonyl (C=O) groups is 3. The summed E-state index contributed by atoms with van der Waals surface area (Å²) in [6.07, 6.45) is 11.1. The number of hydroxylamine groups is 1. The van der Waals surface area contributed by atoms with Crippen LogP contribution in [-0.2, 0) is 24.4 Å². The molecule has 0 unspecified atom stereocenters. The molecule has 1 aromatic rings. The third kappa shape index (κ3) is 9.39. The van der Waals surface area contributed by atoms with Crippen LogP contribution in [0.4, 0.5) is 0 Å². The summed E-state index contributed by atoms with van der Waals surface area (Å²) >= 11 is 0. The normalized spacial score (nSPS) is 14.0. The van der Waals surface area contributed by atoms with E-state index in [1.807, 2.05) is 30.4 Å². The topological polar surface area (TPSA) is 154 Å². The number of hydrogen-bond acceptors (Lipinski definition) is 6. The zero-order chi connectivity index (χ0) is 24.1. The molecular formula is C22H28N4O6S. The summed E-state index contributed by atoms with van der Waals surface area (Å²) in [5, 5.41) is 13.8. The van der Waals surface area contributed by atoms with E-state index in [4.69, 9.17) is 5.21 Å². The highest BCUT2D eigenvalue weighted by molar-refractivity contribution is 7.89. The minimum absolute atomic E-state index is 0.0665. The molecule has 10 nitrogen and oxygen atoms in total.